The van der Waals surface area contributed by atoms with Gasteiger partial charge >= 0.3 is 0 Å². The van der Waals surface area contributed by atoms with Gasteiger partial charge in [0.25, 0.3) is 0 Å². The maximum absolute atomic E-state index is 12.9. The van der Waals surface area contributed by atoms with E-state index in [2.05, 4.69) is 18.7 Å². The predicted octanol–water partition coefficient (Wildman–Crippen LogP) is 3.23. The quantitative estimate of drug-likeness (QED) is 0.903. The van der Waals surface area contributed by atoms with Crippen LogP contribution in [0.2, 0.25) is 0 Å². The van der Waals surface area contributed by atoms with Crippen LogP contribution in [0.15, 0.2) is 24.3 Å². The average molecular weight is 265 g/mol. The molecule has 2 nitrogen and oxygen atoms in total. The van der Waals surface area contributed by atoms with E-state index in [1.165, 1.54) is 12.1 Å². The van der Waals surface area contributed by atoms with Crippen LogP contribution in [0.1, 0.15) is 38.4 Å². The summed E-state index contributed by atoms with van der Waals surface area (Å²) >= 11 is 0. The fourth-order valence-electron chi connectivity index (χ4n) is 2.90. The number of likely N-dealkylation sites (tertiary alicyclic amines) is 1. The normalized spacial score (nSPS) is 19.8. The van der Waals surface area contributed by atoms with Crippen LogP contribution in [0.25, 0.3) is 0 Å². The molecule has 0 bridgehead atoms. The number of hydrogen-bond acceptors (Lipinski definition) is 2. The molecule has 1 aromatic carbocycles. The SMILES string of the molecule is CC(C)CN1CCC(C(O)c2ccc(F)cc2)CC1. The van der Waals surface area contributed by atoms with Crippen LogP contribution in [0.3, 0.4) is 0 Å². The van der Waals surface area contributed by atoms with Crippen LogP contribution in [0, 0.1) is 17.7 Å². The molecule has 1 atom stereocenters. The van der Waals surface area contributed by atoms with Gasteiger partial charge in [-0.3, -0.25) is 0 Å². The summed E-state index contributed by atoms with van der Waals surface area (Å²) in [5, 5.41) is 10.4. The van der Waals surface area contributed by atoms with Crippen molar-refractivity contribution in [2.24, 2.45) is 11.8 Å². The third-order valence-corrected chi connectivity index (χ3v) is 3.91. The van der Waals surface area contributed by atoms with E-state index in [9.17, 15) is 9.50 Å². The van der Waals surface area contributed by atoms with Gasteiger partial charge in [0.1, 0.15) is 5.82 Å². The fourth-order valence-corrected chi connectivity index (χ4v) is 2.90. The molecule has 1 aliphatic heterocycles. The van der Waals surface area contributed by atoms with Gasteiger partial charge in [0.2, 0.25) is 0 Å². The molecule has 1 heterocycles. The lowest BCUT2D eigenvalue weighted by Gasteiger charge is -2.35. The van der Waals surface area contributed by atoms with Gasteiger partial charge in [0.05, 0.1) is 6.10 Å². The van der Waals surface area contributed by atoms with Gasteiger partial charge in [0, 0.05) is 6.54 Å². The predicted molar refractivity (Wildman–Crippen MR) is 75.4 cm³/mol. The van der Waals surface area contributed by atoms with Crippen LogP contribution >= 0.6 is 0 Å². The first-order chi connectivity index (χ1) is 9.06. The maximum atomic E-state index is 12.9. The standard InChI is InChI=1S/C16H24FNO/c1-12(2)11-18-9-7-14(8-10-18)16(19)13-3-5-15(17)6-4-13/h3-6,12,14,16,19H,7-11H2,1-2H3. The summed E-state index contributed by atoms with van der Waals surface area (Å²) in [5.74, 6) is 0.746. The minimum absolute atomic E-state index is 0.247. The molecule has 1 unspecified atom stereocenters. The van der Waals surface area contributed by atoms with Crippen molar-refractivity contribution in [3.63, 3.8) is 0 Å². The van der Waals surface area contributed by atoms with Crippen LogP contribution in [0.4, 0.5) is 4.39 Å². The molecule has 19 heavy (non-hydrogen) atoms. The molecule has 3 heteroatoms. The number of aliphatic hydroxyl groups is 1. The minimum atomic E-state index is -0.457. The van der Waals surface area contributed by atoms with E-state index >= 15 is 0 Å². The van der Waals surface area contributed by atoms with E-state index in [1.807, 2.05) is 0 Å². The molecule has 1 fully saturated rings. The van der Waals surface area contributed by atoms with Gasteiger partial charge in [-0.05, 0) is 55.5 Å². The third-order valence-electron chi connectivity index (χ3n) is 3.91. The van der Waals surface area contributed by atoms with Crippen molar-refractivity contribution in [1.82, 2.24) is 4.90 Å². The number of rotatable bonds is 4. The average Bonchev–Trinajstić information content (AvgIpc) is 2.39. The highest BCUT2D eigenvalue weighted by Crippen LogP contribution is 2.30. The van der Waals surface area contributed by atoms with Gasteiger partial charge in [-0.25, -0.2) is 4.39 Å². The summed E-state index contributed by atoms with van der Waals surface area (Å²) in [6.45, 7) is 7.72. The smallest absolute Gasteiger partial charge is 0.123 e. The van der Waals surface area contributed by atoms with Crippen molar-refractivity contribution in [2.75, 3.05) is 19.6 Å². The van der Waals surface area contributed by atoms with Crippen molar-refractivity contribution in [3.8, 4) is 0 Å². The second kappa shape index (κ2) is 6.49. The molecule has 0 radical (unpaired) electrons. The summed E-state index contributed by atoms with van der Waals surface area (Å²) in [5.41, 5.74) is 0.837. The van der Waals surface area contributed by atoms with E-state index in [0.29, 0.717) is 11.8 Å². The Hall–Kier alpha value is -0.930. The monoisotopic (exact) mass is 265 g/mol. The second-order valence-electron chi connectivity index (χ2n) is 6.03. The van der Waals surface area contributed by atoms with E-state index in [4.69, 9.17) is 0 Å². The van der Waals surface area contributed by atoms with Crippen LogP contribution in [0.5, 0.6) is 0 Å². The second-order valence-corrected chi connectivity index (χ2v) is 6.03. The molecule has 1 N–H and O–H groups in total. The molecule has 0 aromatic heterocycles. The summed E-state index contributed by atoms with van der Waals surface area (Å²) in [6, 6.07) is 6.24. The molecule has 2 rings (SSSR count). The number of piperidine rings is 1. The zero-order valence-corrected chi connectivity index (χ0v) is 11.8. The zero-order chi connectivity index (χ0) is 13.8. The number of halogens is 1. The first-order valence-electron chi connectivity index (χ1n) is 7.22. The van der Waals surface area contributed by atoms with Crippen molar-refractivity contribution in [1.29, 1.82) is 0 Å². The lowest BCUT2D eigenvalue weighted by Crippen LogP contribution is -2.37. The van der Waals surface area contributed by atoms with Crippen molar-refractivity contribution < 1.29 is 9.50 Å². The topological polar surface area (TPSA) is 23.5 Å². The van der Waals surface area contributed by atoms with Crippen LogP contribution < -0.4 is 0 Å². The summed E-state index contributed by atoms with van der Waals surface area (Å²) < 4.78 is 12.9. The third kappa shape index (κ3) is 4.02. The van der Waals surface area contributed by atoms with Gasteiger partial charge in [-0.1, -0.05) is 26.0 Å². The Morgan fingerprint density at radius 2 is 1.79 bits per heavy atom. The van der Waals surface area contributed by atoms with E-state index < -0.39 is 6.10 Å². The molecule has 0 spiro atoms. The fraction of sp³-hybridized carbons (Fsp3) is 0.625. The van der Waals surface area contributed by atoms with Gasteiger partial charge < -0.3 is 10.0 Å². The Morgan fingerprint density at radius 1 is 1.21 bits per heavy atom. The van der Waals surface area contributed by atoms with Crippen molar-refractivity contribution in [3.05, 3.63) is 35.6 Å². The Bertz CT molecular complexity index is 382. The Morgan fingerprint density at radius 3 is 2.32 bits per heavy atom. The largest absolute Gasteiger partial charge is 0.388 e. The highest BCUT2D eigenvalue weighted by atomic mass is 19.1. The van der Waals surface area contributed by atoms with Crippen molar-refractivity contribution in [2.45, 2.75) is 32.8 Å². The lowest BCUT2D eigenvalue weighted by atomic mass is 9.87. The number of aliphatic hydroxyl groups excluding tert-OH is 1. The Labute approximate surface area is 115 Å². The number of benzene rings is 1. The number of nitrogens with zero attached hydrogens (tertiary/aromatic N) is 1. The summed E-state index contributed by atoms with van der Waals surface area (Å²) in [7, 11) is 0. The highest BCUT2D eigenvalue weighted by molar-refractivity contribution is 5.19. The first kappa shape index (κ1) is 14.5. The highest BCUT2D eigenvalue weighted by Gasteiger charge is 2.26. The molecular weight excluding hydrogens is 241 g/mol. The molecule has 0 amide bonds. The Balaban J connectivity index is 1.88. The summed E-state index contributed by atoms with van der Waals surface area (Å²) in [4.78, 5) is 2.47. The van der Waals surface area contributed by atoms with Gasteiger partial charge in [0.15, 0.2) is 0 Å². The maximum Gasteiger partial charge on any atom is 0.123 e. The van der Waals surface area contributed by atoms with E-state index in [-0.39, 0.29) is 5.82 Å². The molecule has 0 saturated carbocycles. The number of hydrogen-bond donors (Lipinski definition) is 1. The molecule has 1 aliphatic rings. The Kier molecular flexibility index (Phi) is 4.94. The summed E-state index contributed by atoms with van der Waals surface area (Å²) in [6.07, 6.45) is 1.58. The molecule has 1 saturated heterocycles. The van der Waals surface area contributed by atoms with Gasteiger partial charge in [-0.15, -0.1) is 0 Å². The molecule has 0 aliphatic carbocycles. The van der Waals surface area contributed by atoms with Crippen LogP contribution in [-0.2, 0) is 0 Å². The van der Waals surface area contributed by atoms with E-state index in [1.54, 1.807) is 12.1 Å². The van der Waals surface area contributed by atoms with E-state index in [0.717, 1.165) is 38.0 Å². The molecule has 1 aromatic rings. The van der Waals surface area contributed by atoms with Gasteiger partial charge in [-0.2, -0.15) is 0 Å². The zero-order valence-electron chi connectivity index (χ0n) is 11.8. The first-order valence-corrected chi connectivity index (χ1v) is 7.22. The lowest BCUT2D eigenvalue weighted by molar-refractivity contribution is 0.0557. The molecule has 106 valence electrons. The molecular formula is C16H24FNO. The van der Waals surface area contributed by atoms with Crippen molar-refractivity contribution >= 4 is 0 Å². The van der Waals surface area contributed by atoms with Crippen LogP contribution in [-0.4, -0.2) is 29.6 Å². The minimum Gasteiger partial charge on any atom is -0.388 e.